The van der Waals surface area contributed by atoms with Gasteiger partial charge in [-0.15, -0.1) is 0 Å². The Kier molecular flexibility index (Phi) is 2.68. The Morgan fingerprint density at radius 3 is 2.44 bits per heavy atom. The number of aromatic carboxylic acids is 1. The van der Waals surface area contributed by atoms with Crippen LogP contribution in [-0.2, 0) is 7.05 Å². The fourth-order valence-corrected chi connectivity index (χ4v) is 1.74. The maximum Gasteiger partial charge on any atom is 0.342 e. The summed E-state index contributed by atoms with van der Waals surface area (Å²) in [6.45, 7) is 0. The minimum atomic E-state index is -0.907. The van der Waals surface area contributed by atoms with Crippen LogP contribution in [-0.4, -0.2) is 11.1 Å². The molecule has 3 nitrogen and oxygen atoms in total. The zero-order valence-electron chi connectivity index (χ0n) is 8.92. The molecule has 16 heavy (non-hydrogen) atoms. The first-order chi connectivity index (χ1) is 7.70. The largest absolute Gasteiger partial charge is 0.477 e. The topological polar surface area (TPSA) is 41.2 Å². The number of hydrogen-bond donors (Lipinski definition) is 1. The van der Waals surface area contributed by atoms with Crippen LogP contribution < -0.4 is 4.57 Å². The molecule has 1 aromatic carbocycles. The summed E-state index contributed by atoms with van der Waals surface area (Å²) in [7, 11) is 1.84. The van der Waals surface area contributed by atoms with E-state index in [1.165, 1.54) is 0 Å². The SMILES string of the molecule is C[n+]1cccc(C(=O)O)c1-c1ccccc1. The first kappa shape index (κ1) is 10.4. The Hall–Kier alpha value is -2.16. The predicted molar refractivity (Wildman–Crippen MR) is 60.0 cm³/mol. The molecule has 0 saturated carbocycles. The Balaban J connectivity index is 2.68. The van der Waals surface area contributed by atoms with E-state index in [1.54, 1.807) is 12.1 Å². The zero-order valence-corrected chi connectivity index (χ0v) is 8.92. The second kappa shape index (κ2) is 4.14. The number of carboxylic acid groups (broad SMARTS) is 1. The highest BCUT2D eigenvalue weighted by Gasteiger charge is 2.19. The summed E-state index contributed by atoms with van der Waals surface area (Å²) in [5.41, 5.74) is 1.94. The molecule has 0 bridgehead atoms. The summed E-state index contributed by atoms with van der Waals surface area (Å²) in [6, 6.07) is 12.9. The lowest BCUT2D eigenvalue weighted by Gasteiger charge is -2.03. The third-order valence-electron chi connectivity index (χ3n) is 2.46. The van der Waals surface area contributed by atoms with Crippen molar-refractivity contribution in [3.8, 4) is 11.3 Å². The van der Waals surface area contributed by atoms with Gasteiger partial charge >= 0.3 is 5.97 Å². The van der Waals surface area contributed by atoms with Crippen LogP contribution >= 0.6 is 0 Å². The van der Waals surface area contributed by atoms with E-state index >= 15 is 0 Å². The van der Waals surface area contributed by atoms with Gasteiger partial charge in [0.15, 0.2) is 6.20 Å². The Labute approximate surface area is 93.6 Å². The van der Waals surface area contributed by atoms with Crippen molar-refractivity contribution in [2.45, 2.75) is 0 Å². The van der Waals surface area contributed by atoms with Crippen LogP contribution in [0.5, 0.6) is 0 Å². The fraction of sp³-hybridized carbons (Fsp3) is 0.0769. The van der Waals surface area contributed by atoms with Gasteiger partial charge in [-0.05, 0) is 18.2 Å². The molecule has 0 aliphatic rings. The molecule has 3 heteroatoms. The molecular weight excluding hydrogens is 202 g/mol. The van der Waals surface area contributed by atoms with Gasteiger partial charge in [-0.3, -0.25) is 0 Å². The van der Waals surface area contributed by atoms with Crippen LogP contribution in [0.4, 0.5) is 0 Å². The molecule has 0 unspecified atom stereocenters. The second-order valence-corrected chi connectivity index (χ2v) is 3.55. The minimum absolute atomic E-state index is 0.316. The van der Waals surface area contributed by atoms with Gasteiger partial charge in [-0.2, -0.15) is 0 Å². The normalized spacial score (nSPS) is 10.1. The van der Waals surface area contributed by atoms with E-state index in [2.05, 4.69) is 0 Å². The highest BCUT2D eigenvalue weighted by Crippen LogP contribution is 2.18. The maximum atomic E-state index is 11.1. The van der Waals surface area contributed by atoms with Crippen LogP contribution in [0.1, 0.15) is 10.4 Å². The first-order valence-corrected chi connectivity index (χ1v) is 4.97. The average molecular weight is 214 g/mol. The highest BCUT2D eigenvalue weighted by atomic mass is 16.4. The monoisotopic (exact) mass is 214 g/mol. The van der Waals surface area contributed by atoms with Gasteiger partial charge in [-0.1, -0.05) is 18.2 Å². The van der Waals surface area contributed by atoms with E-state index in [1.807, 2.05) is 48.1 Å². The van der Waals surface area contributed by atoms with Crippen LogP contribution in [0.3, 0.4) is 0 Å². The molecule has 0 aliphatic heterocycles. The van der Waals surface area contributed by atoms with Crippen molar-refractivity contribution < 1.29 is 14.5 Å². The minimum Gasteiger partial charge on any atom is -0.477 e. The quantitative estimate of drug-likeness (QED) is 0.775. The Morgan fingerprint density at radius 1 is 1.12 bits per heavy atom. The van der Waals surface area contributed by atoms with E-state index in [0.717, 1.165) is 11.3 Å². The molecule has 2 rings (SSSR count). The summed E-state index contributed by atoms with van der Waals surface area (Å²) in [5, 5.41) is 9.14. The third-order valence-corrected chi connectivity index (χ3v) is 2.46. The van der Waals surface area contributed by atoms with Crippen LogP contribution in [0, 0.1) is 0 Å². The molecule has 0 saturated heterocycles. The zero-order chi connectivity index (χ0) is 11.5. The van der Waals surface area contributed by atoms with Gasteiger partial charge in [0.25, 0.3) is 0 Å². The number of aryl methyl sites for hydroxylation is 1. The molecule has 0 aliphatic carbocycles. The van der Waals surface area contributed by atoms with Gasteiger partial charge in [0, 0.05) is 11.6 Å². The summed E-state index contributed by atoms with van der Waals surface area (Å²) < 4.78 is 1.82. The molecule has 80 valence electrons. The molecule has 2 aromatic rings. The van der Waals surface area contributed by atoms with Crippen molar-refractivity contribution in [2.75, 3.05) is 0 Å². The van der Waals surface area contributed by atoms with Crippen molar-refractivity contribution in [3.63, 3.8) is 0 Å². The fourth-order valence-electron chi connectivity index (χ4n) is 1.74. The second-order valence-electron chi connectivity index (χ2n) is 3.55. The van der Waals surface area contributed by atoms with Crippen molar-refractivity contribution >= 4 is 5.97 Å². The third kappa shape index (κ3) is 1.80. The molecule has 1 N–H and O–H groups in total. The Bertz CT molecular complexity index is 521. The van der Waals surface area contributed by atoms with Gasteiger partial charge in [0.2, 0.25) is 5.69 Å². The molecule has 1 heterocycles. The lowest BCUT2D eigenvalue weighted by molar-refractivity contribution is -0.660. The van der Waals surface area contributed by atoms with Crippen LogP contribution in [0.2, 0.25) is 0 Å². The van der Waals surface area contributed by atoms with E-state index in [4.69, 9.17) is 5.11 Å². The van der Waals surface area contributed by atoms with Gasteiger partial charge in [0.1, 0.15) is 12.6 Å². The lowest BCUT2D eigenvalue weighted by Crippen LogP contribution is -2.32. The Morgan fingerprint density at radius 2 is 1.81 bits per heavy atom. The number of benzene rings is 1. The predicted octanol–water partition coefficient (Wildman–Crippen LogP) is 1.88. The van der Waals surface area contributed by atoms with Crippen LogP contribution in [0.15, 0.2) is 48.7 Å². The van der Waals surface area contributed by atoms with Crippen molar-refractivity contribution in [2.24, 2.45) is 7.05 Å². The molecule has 0 amide bonds. The number of hydrogen-bond acceptors (Lipinski definition) is 1. The van der Waals surface area contributed by atoms with Crippen molar-refractivity contribution in [3.05, 3.63) is 54.2 Å². The summed E-state index contributed by atoms with van der Waals surface area (Å²) >= 11 is 0. The number of rotatable bonds is 2. The standard InChI is InChI=1S/C13H11NO2/c1-14-9-5-8-11(13(15)16)12(14)10-6-3-2-4-7-10/h2-9H,1H3/p+1. The number of carboxylic acids is 1. The van der Waals surface area contributed by atoms with E-state index in [0.29, 0.717) is 5.56 Å². The van der Waals surface area contributed by atoms with E-state index in [-0.39, 0.29) is 0 Å². The summed E-state index contributed by atoms with van der Waals surface area (Å²) in [5.74, 6) is -0.907. The van der Waals surface area contributed by atoms with Crippen molar-refractivity contribution in [1.82, 2.24) is 0 Å². The number of pyridine rings is 1. The molecule has 0 atom stereocenters. The average Bonchev–Trinajstić information content (AvgIpc) is 2.29. The van der Waals surface area contributed by atoms with Gasteiger partial charge in [-0.25, -0.2) is 9.36 Å². The van der Waals surface area contributed by atoms with Crippen molar-refractivity contribution in [1.29, 1.82) is 0 Å². The molecule has 1 aromatic heterocycles. The van der Waals surface area contributed by atoms with Gasteiger partial charge < -0.3 is 5.11 Å². The van der Waals surface area contributed by atoms with Gasteiger partial charge in [0.05, 0.1) is 0 Å². The van der Waals surface area contributed by atoms with Crippen LogP contribution in [0.25, 0.3) is 11.3 Å². The molecular formula is C13H12NO2+. The number of nitrogens with zero attached hydrogens (tertiary/aromatic N) is 1. The molecule has 0 radical (unpaired) electrons. The van der Waals surface area contributed by atoms with E-state index in [9.17, 15) is 4.79 Å². The number of carbonyl (C=O) groups is 1. The molecule has 0 spiro atoms. The van der Waals surface area contributed by atoms with E-state index < -0.39 is 5.97 Å². The molecule has 0 fully saturated rings. The lowest BCUT2D eigenvalue weighted by atomic mass is 10.1. The number of aromatic nitrogens is 1. The summed E-state index contributed by atoms with van der Waals surface area (Å²) in [4.78, 5) is 11.1. The first-order valence-electron chi connectivity index (χ1n) is 4.97. The highest BCUT2D eigenvalue weighted by molar-refractivity contribution is 5.93. The smallest absolute Gasteiger partial charge is 0.342 e. The maximum absolute atomic E-state index is 11.1. The summed E-state index contributed by atoms with van der Waals surface area (Å²) in [6.07, 6.45) is 1.84.